The van der Waals surface area contributed by atoms with Crippen molar-refractivity contribution in [2.24, 2.45) is 5.92 Å². The number of ether oxygens (including phenoxy) is 1. The number of carboxylic acids is 1. The van der Waals surface area contributed by atoms with Crippen molar-refractivity contribution >= 4 is 29.8 Å². The molecule has 2 atom stereocenters. The van der Waals surface area contributed by atoms with Crippen LogP contribution >= 0.6 is 0 Å². The topological polar surface area (TPSA) is 121 Å². The number of hydrogen-bond donors (Lipinski definition) is 2. The number of phenolic OH excluding ortho intramolecular Hbond substituents is 1. The number of amides is 2. The van der Waals surface area contributed by atoms with E-state index in [9.17, 15) is 19.2 Å². The molecule has 0 saturated carbocycles. The molecule has 2 rings (SSSR count). The molecular formula is C27H37NO7. The first-order valence-corrected chi connectivity index (χ1v) is 12.1. The number of unbranched alkanes of at least 4 members (excludes halogenated alkanes) is 2. The fourth-order valence-electron chi connectivity index (χ4n) is 3.38. The predicted molar refractivity (Wildman–Crippen MR) is 133 cm³/mol. The number of rotatable bonds is 13. The van der Waals surface area contributed by atoms with Gasteiger partial charge in [-0.15, -0.1) is 0 Å². The quantitative estimate of drug-likeness (QED) is 0.235. The number of aliphatic carboxylic acids is 1. The monoisotopic (exact) mass is 487 g/mol. The van der Waals surface area contributed by atoms with Crippen molar-refractivity contribution in [2.45, 2.75) is 71.8 Å². The second-order valence-electron chi connectivity index (χ2n) is 8.35. The molecule has 0 fully saturated rings. The van der Waals surface area contributed by atoms with Gasteiger partial charge in [-0.1, -0.05) is 65.0 Å². The number of esters is 1. The molecule has 1 aliphatic rings. The summed E-state index contributed by atoms with van der Waals surface area (Å²) in [4.78, 5) is 45.8. The molecule has 0 radical (unpaired) electrons. The van der Waals surface area contributed by atoms with Gasteiger partial charge in [-0.25, -0.2) is 9.59 Å². The standard InChI is InChI=1S/C17H24O3.C10H13NO4/c1-3-5-6-14(4-2)13-20-17(19)12-9-15-7-10-16(18)11-8-15;1-2-3-4-7(10(14)15)11-8(12)5-6-9(11)13/h7-12,14,18H,3-6,13H2,1-2H3;5-7H,2-4H2,1H3,(H,14,15). The lowest BCUT2D eigenvalue weighted by atomic mass is 10.0. The van der Waals surface area contributed by atoms with Crippen LogP contribution in [0.3, 0.4) is 0 Å². The van der Waals surface area contributed by atoms with Crippen LogP contribution in [0.1, 0.15) is 71.3 Å². The first kappa shape index (κ1) is 29.6. The summed E-state index contributed by atoms with van der Waals surface area (Å²) in [6, 6.07) is 5.64. The Balaban J connectivity index is 0.000000365. The first-order valence-electron chi connectivity index (χ1n) is 12.1. The van der Waals surface area contributed by atoms with E-state index in [1.54, 1.807) is 30.3 Å². The highest BCUT2D eigenvalue weighted by molar-refractivity contribution is 6.14. The zero-order chi connectivity index (χ0) is 26.2. The van der Waals surface area contributed by atoms with Gasteiger partial charge < -0.3 is 14.9 Å². The minimum absolute atomic E-state index is 0.214. The molecule has 0 aromatic heterocycles. The van der Waals surface area contributed by atoms with E-state index in [1.807, 2.05) is 6.92 Å². The number of carbonyl (C=O) groups is 4. The zero-order valence-corrected chi connectivity index (χ0v) is 20.8. The molecule has 0 spiro atoms. The Morgan fingerprint density at radius 1 is 0.971 bits per heavy atom. The van der Waals surface area contributed by atoms with Crippen molar-refractivity contribution in [2.75, 3.05) is 6.61 Å². The molecule has 1 aromatic carbocycles. The third-order valence-corrected chi connectivity index (χ3v) is 5.58. The number of nitrogens with zero attached hydrogens (tertiary/aromatic N) is 1. The van der Waals surface area contributed by atoms with Crippen molar-refractivity contribution in [1.29, 1.82) is 0 Å². The van der Waals surface area contributed by atoms with Crippen molar-refractivity contribution in [3.63, 3.8) is 0 Å². The third kappa shape index (κ3) is 11.0. The minimum Gasteiger partial charge on any atom is -0.508 e. The maximum atomic E-state index is 11.6. The summed E-state index contributed by atoms with van der Waals surface area (Å²) in [6.45, 7) is 6.71. The van der Waals surface area contributed by atoms with E-state index >= 15 is 0 Å². The molecule has 8 heteroatoms. The van der Waals surface area contributed by atoms with Gasteiger partial charge in [-0.2, -0.15) is 0 Å². The lowest BCUT2D eigenvalue weighted by Gasteiger charge is -2.21. The Morgan fingerprint density at radius 3 is 2.06 bits per heavy atom. The van der Waals surface area contributed by atoms with Crippen molar-refractivity contribution in [3.8, 4) is 5.75 Å². The predicted octanol–water partition coefficient (Wildman–Crippen LogP) is 4.72. The fraction of sp³-hybridized carbons (Fsp3) is 0.481. The Labute approximate surface area is 207 Å². The highest BCUT2D eigenvalue weighted by Crippen LogP contribution is 2.15. The van der Waals surface area contributed by atoms with Gasteiger partial charge in [0.25, 0.3) is 11.8 Å². The van der Waals surface area contributed by atoms with Gasteiger partial charge in [0.1, 0.15) is 11.8 Å². The number of hydrogen-bond acceptors (Lipinski definition) is 6. The van der Waals surface area contributed by atoms with Gasteiger partial charge in [0.2, 0.25) is 0 Å². The van der Waals surface area contributed by atoms with Crippen LogP contribution in [-0.4, -0.2) is 51.5 Å². The summed E-state index contributed by atoms with van der Waals surface area (Å²) in [6.07, 6.45) is 11.6. The highest BCUT2D eigenvalue weighted by Gasteiger charge is 2.35. The van der Waals surface area contributed by atoms with Crippen LogP contribution < -0.4 is 0 Å². The summed E-state index contributed by atoms with van der Waals surface area (Å²) in [5, 5.41) is 18.1. The lowest BCUT2D eigenvalue weighted by molar-refractivity contribution is -0.153. The highest BCUT2D eigenvalue weighted by atomic mass is 16.5. The number of imide groups is 1. The maximum Gasteiger partial charge on any atom is 0.330 e. The van der Waals surface area contributed by atoms with Crippen LogP contribution in [-0.2, 0) is 23.9 Å². The molecule has 192 valence electrons. The molecule has 1 aliphatic heterocycles. The number of phenols is 1. The molecule has 0 aliphatic carbocycles. The molecule has 0 bridgehead atoms. The number of benzene rings is 1. The van der Waals surface area contributed by atoms with E-state index in [0.29, 0.717) is 25.4 Å². The van der Waals surface area contributed by atoms with Gasteiger partial charge in [-0.3, -0.25) is 14.5 Å². The number of carbonyl (C=O) groups excluding carboxylic acids is 3. The number of carboxylic acid groups (broad SMARTS) is 1. The molecule has 2 unspecified atom stereocenters. The van der Waals surface area contributed by atoms with Crippen LogP contribution in [0.5, 0.6) is 5.75 Å². The van der Waals surface area contributed by atoms with E-state index in [1.165, 1.54) is 18.9 Å². The lowest BCUT2D eigenvalue weighted by Crippen LogP contribution is -2.44. The van der Waals surface area contributed by atoms with Gasteiger partial charge in [0.05, 0.1) is 6.61 Å². The minimum atomic E-state index is -1.13. The van der Waals surface area contributed by atoms with Gasteiger partial charge in [-0.05, 0) is 42.5 Å². The van der Waals surface area contributed by atoms with Crippen LogP contribution in [0.4, 0.5) is 0 Å². The zero-order valence-electron chi connectivity index (χ0n) is 20.8. The van der Waals surface area contributed by atoms with Crippen molar-refractivity contribution in [1.82, 2.24) is 4.90 Å². The fourth-order valence-corrected chi connectivity index (χ4v) is 3.38. The Hall–Kier alpha value is -3.42. The molecule has 8 nitrogen and oxygen atoms in total. The van der Waals surface area contributed by atoms with E-state index in [4.69, 9.17) is 14.9 Å². The first-order chi connectivity index (χ1) is 16.7. The van der Waals surface area contributed by atoms with Crippen LogP contribution in [0.25, 0.3) is 6.08 Å². The van der Waals surface area contributed by atoms with Gasteiger partial charge in [0.15, 0.2) is 0 Å². The summed E-state index contributed by atoms with van der Waals surface area (Å²) in [7, 11) is 0. The Morgan fingerprint density at radius 2 is 1.54 bits per heavy atom. The average molecular weight is 488 g/mol. The smallest absolute Gasteiger partial charge is 0.330 e. The van der Waals surface area contributed by atoms with Crippen molar-refractivity contribution < 1.29 is 34.1 Å². The van der Waals surface area contributed by atoms with E-state index in [2.05, 4.69) is 13.8 Å². The Kier molecular flexibility index (Phi) is 13.7. The largest absolute Gasteiger partial charge is 0.508 e. The van der Waals surface area contributed by atoms with Crippen LogP contribution in [0.15, 0.2) is 42.5 Å². The summed E-state index contributed by atoms with van der Waals surface area (Å²) < 4.78 is 5.26. The van der Waals surface area contributed by atoms with E-state index in [-0.39, 0.29) is 11.7 Å². The van der Waals surface area contributed by atoms with Crippen LogP contribution in [0.2, 0.25) is 0 Å². The molecule has 35 heavy (non-hydrogen) atoms. The normalized spacial score (nSPS) is 14.5. The molecule has 2 amide bonds. The van der Waals surface area contributed by atoms with E-state index in [0.717, 1.165) is 41.9 Å². The van der Waals surface area contributed by atoms with Gasteiger partial charge >= 0.3 is 11.9 Å². The van der Waals surface area contributed by atoms with Crippen molar-refractivity contribution in [3.05, 3.63) is 48.1 Å². The Bertz CT molecular complexity index is 871. The molecule has 1 aromatic rings. The maximum absolute atomic E-state index is 11.6. The van der Waals surface area contributed by atoms with Crippen LogP contribution in [0, 0.1) is 5.92 Å². The third-order valence-electron chi connectivity index (χ3n) is 5.58. The summed E-state index contributed by atoms with van der Waals surface area (Å²) >= 11 is 0. The summed E-state index contributed by atoms with van der Waals surface area (Å²) in [5.74, 6) is -1.85. The molecule has 2 N–H and O–H groups in total. The average Bonchev–Trinajstić information content (AvgIpc) is 3.17. The van der Waals surface area contributed by atoms with E-state index < -0.39 is 23.8 Å². The molecule has 0 saturated heterocycles. The SMILES string of the molecule is CCCCC(C(=O)O)N1C(=O)C=CC1=O.CCCCC(CC)COC(=O)C=Cc1ccc(O)cc1. The second-order valence-corrected chi connectivity index (χ2v) is 8.35. The molecular weight excluding hydrogens is 450 g/mol. The van der Waals surface area contributed by atoms with Gasteiger partial charge in [0, 0.05) is 18.2 Å². The molecule has 1 heterocycles. The summed E-state index contributed by atoms with van der Waals surface area (Å²) in [5.41, 5.74) is 0.859. The number of aromatic hydroxyl groups is 1. The second kappa shape index (κ2) is 16.2.